The summed E-state index contributed by atoms with van der Waals surface area (Å²) in [6.45, 7) is 2.69. The van der Waals surface area contributed by atoms with E-state index in [1.165, 1.54) is 24.4 Å². The first-order valence-corrected chi connectivity index (χ1v) is 11.8. The molecular weight excluding hydrogens is 474 g/mol. The van der Waals surface area contributed by atoms with Crippen molar-refractivity contribution in [3.63, 3.8) is 0 Å². The first-order valence-electron chi connectivity index (χ1n) is 9.97. The number of rotatable bonds is 5. The van der Waals surface area contributed by atoms with Crippen LogP contribution in [0.15, 0.2) is 65.7 Å². The molecule has 11 heteroatoms. The molecule has 2 heterocycles. The van der Waals surface area contributed by atoms with Gasteiger partial charge >= 0.3 is 0 Å². The number of carbonyl (C=O) groups excluding carboxylic acids is 1. The van der Waals surface area contributed by atoms with Crippen LogP contribution in [-0.2, 0) is 10.0 Å². The highest BCUT2D eigenvalue weighted by Crippen LogP contribution is 2.21. The topological polar surface area (TPSA) is 82.6 Å². The van der Waals surface area contributed by atoms with E-state index in [4.69, 9.17) is 11.6 Å². The zero-order valence-corrected chi connectivity index (χ0v) is 18.8. The maximum atomic E-state index is 13.2. The van der Waals surface area contributed by atoms with E-state index in [0.29, 0.717) is 32.0 Å². The van der Waals surface area contributed by atoms with Gasteiger partial charge in [0.25, 0.3) is 15.9 Å². The van der Waals surface area contributed by atoms with Gasteiger partial charge in [0.2, 0.25) is 0 Å². The Balaban J connectivity index is 1.40. The van der Waals surface area contributed by atoms with E-state index < -0.39 is 21.7 Å². The number of nitrogens with one attached hydrogen (secondary N) is 1. The van der Waals surface area contributed by atoms with Crippen LogP contribution in [0.3, 0.4) is 0 Å². The van der Waals surface area contributed by atoms with Crippen molar-refractivity contribution in [2.75, 3.05) is 36.0 Å². The molecule has 1 aromatic heterocycles. The standard InChI is InChI=1S/C22H19ClF2N4O3S/c23-20-13-16(25)3-7-19(20)22(30)27-33(31,32)18-6-8-21(26-14-18)29-11-9-28(10-12-29)17-4-1-15(24)2-5-17/h1-8,13-14H,9-12H2,(H,27,30). The molecule has 0 unspecified atom stereocenters. The van der Waals surface area contributed by atoms with Gasteiger partial charge in [-0.15, -0.1) is 0 Å². The molecule has 1 fully saturated rings. The number of aromatic nitrogens is 1. The second-order valence-corrected chi connectivity index (χ2v) is 9.45. The monoisotopic (exact) mass is 492 g/mol. The normalized spacial score (nSPS) is 14.3. The first-order chi connectivity index (χ1) is 15.7. The van der Waals surface area contributed by atoms with Crippen LogP contribution in [0.4, 0.5) is 20.3 Å². The van der Waals surface area contributed by atoms with Crippen molar-refractivity contribution >= 4 is 39.0 Å². The first kappa shape index (κ1) is 22.9. The Morgan fingerprint density at radius 2 is 1.55 bits per heavy atom. The summed E-state index contributed by atoms with van der Waals surface area (Å²) in [4.78, 5) is 20.5. The Labute approximate surface area is 194 Å². The summed E-state index contributed by atoms with van der Waals surface area (Å²) < 4.78 is 53.3. The number of pyridine rings is 1. The van der Waals surface area contributed by atoms with Crippen molar-refractivity contribution in [2.24, 2.45) is 0 Å². The second-order valence-electron chi connectivity index (χ2n) is 7.36. The number of halogens is 3. The van der Waals surface area contributed by atoms with Crippen LogP contribution in [0.1, 0.15) is 10.4 Å². The number of nitrogens with zero attached hydrogens (tertiary/aromatic N) is 3. The molecule has 0 spiro atoms. The number of carbonyl (C=O) groups is 1. The summed E-state index contributed by atoms with van der Waals surface area (Å²) in [5.74, 6) is -1.30. The number of benzene rings is 2. The Morgan fingerprint density at radius 3 is 2.15 bits per heavy atom. The predicted octanol–water partition coefficient (Wildman–Crippen LogP) is 3.46. The fourth-order valence-electron chi connectivity index (χ4n) is 3.47. The molecular formula is C22H19ClF2N4O3S. The SMILES string of the molecule is O=C(NS(=O)(=O)c1ccc(N2CCN(c3ccc(F)cc3)CC2)nc1)c1ccc(F)cc1Cl. The minimum atomic E-state index is -4.20. The molecule has 1 amide bonds. The van der Waals surface area contributed by atoms with Crippen molar-refractivity contribution < 1.29 is 22.0 Å². The minimum absolute atomic E-state index is 0.162. The molecule has 0 aliphatic carbocycles. The Kier molecular flexibility index (Phi) is 6.48. The van der Waals surface area contributed by atoms with E-state index in [9.17, 15) is 22.0 Å². The van der Waals surface area contributed by atoms with Gasteiger partial charge in [0, 0.05) is 38.1 Å². The van der Waals surface area contributed by atoms with Gasteiger partial charge in [-0.3, -0.25) is 4.79 Å². The second kappa shape index (κ2) is 9.32. The molecule has 7 nitrogen and oxygen atoms in total. The number of piperazine rings is 1. The van der Waals surface area contributed by atoms with Crippen molar-refractivity contribution in [1.29, 1.82) is 0 Å². The molecule has 172 valence electrons. The van der Waals surface area contributed by atoms with Crippen LogP contribution in [0, 0.1) is 11.6 Å². The number of sulfonamides is 1. The van der Waals surface area contributed by atoms with Gasteiger partial charge in [-0.1, -0.05) is 11.6 Å². The molecule has 0 radical (unpaired) electrons. The minimum Gasteiger partial charge on any atom is -0.368 e. The predicted molar refractivity (Wildman–Crippen MR) is 121 cm³/mol. The molecule has 1 aliphatic rings. The highest BCUT2D eigenvalue weighted by molar-refractivity contribution is 7.90. The van der Waals surface area contributed by atoms with Gasteiger partial charge in [-0.05, 0) is 54.6 Å². The smallest absolute Gasteiger partial charge is 0.266 e. The molecule has 2 aromatic carbocycles. The summed E-state index contributed by atoms with van der Waals surface area (Å²) >= 11 is 5.83. The van der Waals surface area contributed by atoms with E-state index in [0.717, 1.165) is 23.9 Å². The number of hydrogen-bond acceptors (Lipinski definition) is 6. The van der Waals surface area contributed by atoms with Crippen molar-refractivity contribution in [3.05, 3.63) is 83.0 Å². The number of amides is 1. The quantitative estimate of drug-likeness (QED) is 0.587. The van der Waals surface area contributed by atoms with Crippen LogP contribution in [0.25, 0.3) is 0 Å². The van der Waals surface area contributed by atoms with E-state index in [2.05, 4.69) is 9.88 Å². The third kappa shape index (κ3) is 5.23. The Bertz CT molecular complexity index is 1260. The summed E-state index contributed by atoms with van der Waals surface area (Å²) in [6.07, 6.45) is 1.17. The molecule has 1 aliphatic heterocycles. The van der Waals surface area contributed by atoms with Gasteiger partial charge in [0.15, 0.2) is 0 Å². The molecule has 1 N–H and O–H groups in total. The molecule has 0 bridgehead atoms. The van der Waals surface area contributed by atoms with E-state index >= 15 is 0 Å². The summed E-state index contributed by atoms with van der Waals surface area (Å²) in [6, 6.07) is 12.3. The van der Waals surface area contributed by atoms with E-state index in [1.807, 2.05) is 9.62 Å². The van der Waals surface area contributed by atoms with Gasteiger partial charge in [-0.25, -0.2) is 26.9 Å². The average Bonchev–Trinajstić information content (AvgIpc) is 2.79. The van der Waals surface area contributed by atoms with Gasteiger partial charge < -0.3 is 9.80 Å². The lowest BCUT2D eigenvalue weighted by atomic mass is 10.2. The lowest BCUT2D eigenvalue weighted by Crippen LogP contribution is -2.46. The van der Waals surface area contributed by atoms with Crippen molar-refractivity contribution in [1.82, 2.24) is 9.71 Å². The summed E-state index contributed by atoms with van der Waals surface area (Å²) in [5, 5.41) is -0.198. The van der Waals surface area contributed by atoms with Crippen LogP contribution in [-0.4, -0.2) is 45.5 Å². The maximum absolute atomic E-state index is 13.2. The van der Waals surface area contributed by atoms with Crippen molar-refractivity contribution in [2.45, 2.75) is 4.90 Å². The summed E-state index contributed by atoms with van der Waals surface area (Å²) in [5.41, 5.74) is 0.771. The fourth-order valence-corrected chi connectivity index (χ4v) is 4.64. The average molecular weight is 493 g/mol. The zero-order chi connectivity index (χ0) is 23.6. The van der Waals surface area contributed by atoms with Crippen LogP contribution in [0.2, 0.25) is 5.02 Å². The molecule has 1 saturated heterocycles. The maximum Gasteiger partial charge on any atom is 0.266 e. The van der Waals surface area contributed by atoms with Crippen molar-refractivity contribution in [3.8, 4) is 0 Å². The summed E-state index contributed by atoms with van der Waals surface area (Å²) in [7, 11) is -4.20. The third-order valence-corrected chi connectivity index (χ3v) is 6.86. The van der Waals surface area contributed by atoms with Crippen LogP contribution < -0.4 is 14.5 Å². The Morgan fingerprint density at radius 1 is 0.909 bits per heavy atom. The lowest BCUT2D eigenvalue weighted by Gasteiger charge is -2.36. The Hall–Kier alpha value is -3.24. The molecule has 33 heavy (non-hydrogen) atoms. The molecule has 0 saturated carbocycles. The van der Waals surface area contributed by atoms with Crippen LogP contribution >= 0.6 is 11.6 Å². The zero-order valence-electron chi connectivity index (χ0n) is 17.2. The lowest BCUT2D eigenvalue weighted by molar-refractivity contribution is 0.0981. The third-order valence-electron chi connectivity index (χ3n) is 5.23. The highest BCUT2D eigenvalue weighted by Gasteiger charge is 2.23. The molecule has 0 atom stereocenters. The van der Waals surface area contributed by atoms with Crippen LogP contribution in [0.5, 0.6) is 0 Å². The largest absolute Gasteiger partial charge is 0.368 e. The van der Waals surface area contributed by atoms with Gasteiger partial charge in [0.05, 0.1) is 10.6 Å². The molecule has 4 rings (SSSR count). The van der Waals surface area contributed by atoms with E-state index in [1.54, 1.807) is 18.2 Å². The van der Waals surface area contributed by atoms with E-state index in [-0.39, 0.29) is 21.3 Å². The van der Waals surface area contributed by atoms with Gasteiger partial charge in [-0.2, -0.15) is 0 Å². The fraction of sp³-hybridized carbons (Fsp3) is 0.182. The molecule has 3 aromatic rings. The van der Waals surface area contributed by atoms with Gasteiger partial charge in [0.1, 0.15) is 22.3 Å². The number of hydrogen-bond donors (Lipinski definition) is 1. The highest BCUT2D eigenvalue weighted by atomic mass is 35.5. The number of anilines is 2.